The number of carboxylic acids is 1. The highest BCUT2D eigenvalue weighted by atomic mass is 16.6. The molecule has 160 valence electrons. The van der Waals surface area contributed by atoms with Crippen LogP contribution in [0.25, 0.3) is 11.1 Å². The lowest BCUT2D eigenvalue weighted by atomic mass is 9.89. The lowest BCUT2D eigenvalue weighted by Gasteiger charge is -2.45. The van der Waals surface area contributed by atoms with Gasteiger partial charge in [-0.2, -0.15) is 0 Å². The first-order chi connectivity index (χ1) is 15.1. The summed E-state index contributed by atoms with van der Waals surface area (Å²) in [6, 6.07) is 16.4. The van der Waals surface area contributed by atoms with Crippen LogP contribution in [0.3, 0.4) is 0 Å². The normalized spacial score (nSPS) is 21.9. The summed E-state index contributed by atoms with van der Waals surface area (Å²) in [7, 11) is 0. The molecule has 31 heavy (non-hydrogen) atoms. The topological polar surface area (TPSA) is 76.1 Å². The molecule has 2 aliphatic heterocycles. The fraction of sp³-hybridized carbons (Fsp3) is 0.360. The molecule has 0 radical (unpaired) electrons. The molecule has 6 heteroatoms. The molecule has 1 amide bonds. The Morgan fingerprint density at radius 2 is 1.58 bits per heavy atom. The Morgan fingerprint density at radius 1 is 1.00 bits per heavy atom. The highest BCUT2D eigenvalue weighted by Crippen LogP contribution is 2.44. The predicted octanol–water partition coefficient (Wildman–Crippen LogP) is 4.20. The summed E-state index contributed by atoms with van der Waals surface area (Å²) in [6.45, 7) is 1.20. The largest absolute Gasteiger partial charge is 0.481 e. The monoisotopic (exact) mass is 419 g/mol. The van der Waals surface area contributed by atoms with Gasteiger partial charge in [-0.25, -0.2) is 4.79 Å². The van der Waals surface area contributed by atoms with Gasteiger partial charge in [-0.15, -0.1) is 0 Å². The van der Waals surface area contributed by atoms with E-state index in [1.54, 1.807) is 6.08 Å². The first-order valence-corrected chi connectivity index (χ1v) is 10.7. The molecular formula is C25H25NO5. The third kappa shape index (κ3) is 3.72. The number of carbonyl (C=O) groups excluding carboxylic acids is 1. The molecule has 2 aromatic carbocycles. The maximum absolute atomic E-state index is 13.1. The van der Waals surface area contributed by atoms with Gasteiger partial charge >= 0.3 is 12.1 Å². The summed E-state index contributed by atoms with van der Waals surface area (Å²) in [5.74, 6) is -0.809. The fourth-order valence-electron chi connectivity index (χ4n) is 5.17. The van der Waals surface area contributed by atoms with Crippen molar-refractivity contribution in [1.29, 1.82) is 0 Å². The van der Waals surface area contributed by atoms with E-state index < -0.39 is 5.97 Å². The zero-order valence-corrected chi connectivity index (χ0v) is 17.2. The van der Waals surface area contributed by atoms with Crippen LogP contribution in [0.15, 0.2) is 60.2 Å². The van der Waals surface area contributed by atoms with Gasteiger partial charge in [0.05, 0.1) is 31.7 Å². The van der Waals surface area contributed by atoms with Crippen molar-refractivity contribution < 1.29 is 24.2 Å². The van der Waals surface area contributed by atoms with Crippen molar-refractivity contribution in [3.05, 3.63) is 71.3 Å². The summed E-state index contributed by atoms with van der Waals surface area (Å²) in [6.07, 6.45) is 2.75. The average molecular weight is 419 g/mol. The molecule has 2 fully saturated rings. The maximum atomic E-state index is 13.1. The van der Waals surface area contributed by atoms with E-state index in [9.17, 15) is 9.59 Å². The zero-order chi connectivity index (χ0) is 21.4. The molecule has 0 spiro atoms. The molecule has 2 bridgehead atoms. The molecular weight excluding hydrogens is 394 g/mol. The first kappa shape index (κ1) is 19.8. The number of carbonyl (C=O) groups is 2. The molecule has 2 heterocycles. The van der Waals surface area contributed by atoms with Crippen LogP contribution >= 0.6 is 0 Å². The number of morpholine rings is 1. The number of amides is 1. The quantitative estimate of drug-likeness (QED) is 0.752. The Morgan fingerprint density at radius 3 is 2.16 bits per heavy atom. The van der Waals surface area contributed by atoms with Crippen LogP contribution in [-0.2, 0) is 14.3 Å². The molecule has 0 saturated carbocycles. The molecule has 6 nitrogen and oxygen atoms in total. The van der Waals surface area contributed by atoms with E-state index in [1.807, 2.05) is 29.2 Å². The second-order valence-corrected chi connectivity index (χ2v) is 8.42. The number of ether oxygens (including phenoxy) is 2. The number of nitrogens with zero attached hydrogens (tertiary/aromatic N) is 1. The summed E-state index contributed by atoms with van der Waals surface area (Å²) in [4.78, 5) is 25.8. The van der Waals surface area contributed by atoms with Gasteiger partial charge in [0.25, 0.3) is 0 Å². The van der Waals surface area contributed by atoms with Gasteiger partial charge < -0.3 is 14.6 Å². The highest BCUT2D eigenvalue weighted by Gasteiger charge is 2.41. The number of carboxylic acid groups (broad SMARTS) is 1. The van der Waals surface area contributed by atoms with Gasteiger partial charge in [0.2, 0.25) is 0 Å². The highest BCUT2D eigenvalue weighted by molar-refractivity contribution is 5.79. The standard InChI is InChI=1S/C25H25NO5/c27-24(28)10-9-16-11-17-13-30-14-18(12-16)26(17)25(29)31-15-23-21-7-3-1-5-19(21)20-6-2-4-8-22(20)23/h1-9,17-18,23H,10-15H2,(H,27,28). The number of fused-ring (bicyclic) bond motifs is 5. The second kappa shape index (κ2) is 8.19. The predicted molar refractivity (Wildman–Crippen MR) is 115 cm³/mol. The Labute approximate surface area is 181 Å². The maximum Gasteiger partial charge on any atom is 0.410 e. The molecule has 0 aromatic heterocycles. The van der Waals surface area contributed by atoms with Gasteiger partial charge in [-0.1, -0.05) is 60.2 Å². The number of piperidine rings is 1. The van der Waals surface area contributed by atoms with Gasteiger partial charge in [0.15, 0.2) is 0 Å². The van der Waals surface area contributed by atoms with Crippen molar-refractivity contribution in [2.45, 2.75) is 37.3 Å². The summed E-state index contributed by atoms with van der Waals surface area (Å²) in [5.41, 5.74) is 5.88. The zero-order valence-electron chi connectivity index (χ0n) is 17.2. The SMILES string of the molecule is O=C(O)CC=C1CC2COCC(C1)N2C(=O)OCC1c2ccccc2-c2ccccc21. The lowest BCUT2D eigenvalue weighted by molar-refractivity contribution is -0.136. The van der Waals surface area contributed by atoms with Gasteiger partial charge in [0.1, 0.15) is 6.61 Å². The Hall–Kier alpha value is -3.12. The molecule has 1 aliphatic carbocycles. The van der Waals surface area contributed by atoms with Crippen LogP contribution in [-0.4, -0.2) is 54.0 Å². The molecule has 3 aliphatic rings. The van der Waals surface area contributed by atoms with Crippen molar-refractivity contribution >= 4 is 12.1 Å². The number of rotatable bonds is 4. The van der Waals surface area contributed by atoms with Crippen molar-refractivity contribution in [2.24, 2.45) is 0 Å². The average Bonchev–Trinajstić information content (AvgIpc) is 3.09. The number of benzene rings is 2. The van der Waals surface area contributed by atoms with Gasteiger partial charge in [-0.3, -0.25) is 9.69 Å². The summed E-state index contributed by atoms with van der Waals surface area (Å²) in [5, 5.41) is 8.95. The Kier molecular flexibility index (Phi) is 5.24. The van der Waals surface area contributed by atoms with Gasteiger partial charge in [-0.05, 0) is 35.1 Å². The Balaban J connectivity index is 1.30. The molecule has 5 rings (SSSR count). The summed E-state index contributed by atoms with van der Waals surface area (Å²) < 4.78 is 11.5. The number of hydrogen-bond acceptors (Lipinski definition) is 4. The van der Waals surface area contributed by atoms with Crippen molar-refractivity contribution in [2.75, 3.05) is 19.8 Å². The molecule has 1 N–H and O–H groups in total. The molecule has 2 atom stereocenters. The number of aliphatic carboxylic acids is 1. The third-order valence-corrected chi connectivity index (χ3v) is 6.52. The van der Waals surface area contributed by atoms with Crippen LogP contribution in [0.4, 0.5) is 4.79 Å². The Bertz CT molecular complexity index is 984. The molecule has 2 aromatic rings. The van der Waals surface area contributed by atoms with Crippen molar-refractivity contribution in [3.63, 3.8) is 0 Å². The van der Waals surface area contributed by atoms with Crippen LogP contribution in [0, 0.1) is 0 Å². The van der Waals surface area contributed by atoms with E-state index in [0.29, 0.717) is 32.7 Å². The molecule has 2 unspecified atom stereocenters. The van der Waals surface area contributed by atoms with E-state index >= 15 is 0 Å². The molecule has 2 saturated heterocycles. The minimum Gasteiger partial charge on any atom is -0.481 e. The minimum atomic E-state index is -0.840. The van der Waals surface area contributed by atoms with Crippen LogP contribution < -0.4 is 0 Å². The summed E-state index contributed by atoms with van der Waals surface area (Å²) >= 11 is 0. The van der Waals surface area contributed by atoms with Crippen molar-refractivity contribution in [1.82, 2.24) is 4.90 Å². The van der Waals surface area contributed by atoms with Crippen LogP contribution in [0.2, 0.25) is 0 Å². The first-order valence-electron chi connectivity index (χ1n) is 10.7. The third-order valence-electron chi connectivity index (χ3n) is 6.52. The minimum absolute atomic E-state index is 0.0145. The smallest absolute Gasteiger partial charge is 0.410 e. The van der Waals surface area contributed by atoms with Crippen molar-refractivity contribution in [3.8, 4) is 11.1 Å². The van der Waals surface area contributed by atoms with Crippen LogP contribution in [0.1, 0.15) is 36.3 Å². The second-order valence-electron chi connectivity index (χ2n) is 8.42. The fourth-order valence-corrected chi connectivity index (χ4v) is 5.17. The van der Waals surface area contributed by atoms with E-state index in [0.717, 1.165) is 5.57 Å². The van der Waals surface area contributed by atoms with E-state index in [-0.39, 0.29) is 30.5 Å². The van der Waals surface area contributed by atoms with Crippen LogP contribution in [0.5, 0.6) is 0 Å². The van der Waals surface area contributed by atoms with E-state index in [2.05, 4.69) is 24.3 Å². The van der Waals surface area contributed by atoms with Gasteiger partial charge in [0, 0.05) is 5.92 Å². The van der Waals surface area contributed by atoms with E-state index in [4.69, 9.17) is 14.6 Å². The lowest BCUT2D eigenvalue weighted by Crippen LogP contribution is -2.58. The number of hydrogen-bond donors (Lipinski definition) is 1. The van der Waals surface area contributed by atoms with E-state index in [1.165, 1.54) is 22.3 Å².